The van der Waals surface area contributed by atoms with E-state index in [4.69, 9.17) is 9.47 Å². The molecule has 2 saturated heterocycles. The van der Waals surface area contributed by atoms with Gasteiger partial charge in [0, 0.05) is 19.3 Å². The molecule has 0 aromatic heterocycles. The molecule has 0 saturated carbocycles. The van der Waals surface area contributed by atoms with Crippen molar-refractivity contribution in [2.24, 2.45) is 5.92 Å². The zero-order chi connectivity index (χ0) is 18.6. The van der Waals surface area contributed by atoms with Crippen LogP contribution in [0.2, 0.25) is 0 Å². The minimum Gasteiger partial charge on any atom is -0.340 e. The van der Waals surface area contributed by atoms with Gasteiger partial charge in [-0.15, -0.1) is 0 Å². The number of allylic oxidation sites excluding steroid dienone is 1. The summed E-state index contributed by atoms with van der Waals surface area (Å²) in [6, 6.07) is 1.16. The molecule has 27 heavy (non-hydrogen) atoms. The highest BCUT2D eigenvalue weighted by atomic mass is 16.5. The first-order chi connectivity index (χ1) is 13.0. The maximum Gasteiger partial charge on any atom is 0.350 e. The number of nitrogens with zero attached hydrogens (tertiary/aromatic N) is 1. The summed E-state index contributed by atoms with van der Waals surface area (Å²) in [6.45, 7) is 6.85. The Kier molecular flexibility index (Phi) is 4.32. The van der Waals surface area contributed by atoms with E-state index in [1.54, 1.807) is 0 Å². The van der Waals surface area contributed by atoms with Gasteiger partial charge in [-0.25, -0.2) is 10.6 Å². The van der Waals surface area contributed by atoms with Crippen molar-refractivity contribution in [3.63, 3.8) is 0 Å². The quantitative estimate of drug-likeness (QED) is 0.546. The second-order valence-electron chi connectivity index (χ2n) is 9.53. The third-order valence-corrected chi connectivity index (χ3v) is 7.77. The lowest BCUT2D eigenvalue weighted by molar-refractivity contribution is -0.611. The predicted molar refractivity (Wildman–Crippen MR) is 106 cm³/mol. The van der Waals surface area contributed by atoms with E-state index in [2.05, 4.69) is 48.1 Å². The van der Waals surface area contributed by atoms with E-state index in [1.807, 2.05) is 0 Å². The third kappa shape index (κ3) is 2.84. The van der Waals surface area contributed by atoms with Gasteiger partial charge in [0.25, 0.3) is 0 Å². The maximum atomic E-state index is 6.69. The van der Waals surface area contributed by atoms with E-state index >= 15 is 0 Å². The summed E-state index contributed by atoms with van der Waals surface area (Å²) < 4.78 is 15.9. The molecule has 150 valence electrons. The van der Waals surface area contributed by atoms with Crippen molar-refractivity contribution in [1.82, 2.24) is 10.6 Å². The van der Waals surface area contributed by atoms with Crippen LogP contribution in [-0.2, 0) is 9.47 Å². The van der Waals surface area contributed by atoms with Crippen molar-refractivity contribution in [3.8, 4) is 0 Å². The standard InChI is InChI=1S/C22H35N3O2/c1-4-18-9-5-6-12-21(27-18)14-17-10-11-19-16(3)22(13-7-8-15(2)26-22)24-20(23-21)25(17)19/h5,9,15-19H,4,6-8,10-14H2,1-3H3,(H,23,24)/p+1/t15-,16-,17+,18+,19+,21+,22+/m1/s1. The lowest BCUT2D eigenvalue weighted by atomic mass is 9.82. The molecule has 5 heteroatoms. The van der Waals surface area contributed by atoms with E-state index < -0.39 is 0 Å². The van der Waals surface area contributed by atoms with Crippen LogP contribution in [-0.4, -0.2) is 46.3 Å². The molecule has 5 nitrogen and oxygen atoms in total. The topological polar surface area (TPSA) is 45.5 Å². The third-order valence-electron chi connectivity index (χ3n) is 7.77. The van der Waals surface area contributed by atoms with Gasteiger partial charge in [-0.2, -0.15) is 0 Å². The highest BCUT2D eigenvalue weighted by Crippen LogP contribution is 2.44. The summed E-state index contributed by atoms with van der Waals surface area (Å²) in [7, 11) is 0. The van der Waals surface area contributed by atoms with Crippen molar-refractivity contribution < 1.29 is 14.0 Å². The minimum atomic E-state index is -0.245. The molecule has 7 atom stereocenters. The molecule has 0 aliphatic carbocycles. The van der Waals surface area contributed by atoms with Crippen LogP contribution in [0.5, 0.6) is 0 Å². The summed E-state index contributed by atoms with van der Waals surface area (Å²) in [6.07, 6.45) is 15.4. The first-order valence-corrected chi connectivity index (χ1v) is 11.3. The van der Waals surface area contributed by atoms with E-state index in [9.17, 15) is 0 Å². The van der Waals surface area contributed by atoms with Gasteiger partial charge in [-0.1, -0.05) is 26.0 Å². The average Bonchev–Trinajstić information content (AvgIpc) is 2.96. The Balaban J connectivity index is 1.48. The highest BCUT2D eigenvalue weighted by Gasteiger charge is 2.60. The lowest BCUT2D eigenvalue weighted by Gasteiger charge is -2.50. The first-order valence-electron chi connectivity index (χ1n) is 11.3. The normalized spacial score (nSPS) is 48.9. The smallest absolute Gasteiger partial charge is 0.340 e. The van der Waals surface area contributed by atoms with Gasteiger partial charge >= 0.3 is 5.96 Å². The van der Waals surface area contributed by atoms with E-state index in [0.29, 0.717) is 24.1 Å². The second kappa shape index (κ2) is 6.48. The number of hydrogen-bond acceptors (Lipinski definition) is 4. The largest absolute Gasteiger partial charge is 0.350 e. The van der Waals surface area contributed by atoms with Crippen LogP contribution in [0.1, 0.15) is 78.6 Å². The monoisotopic (exact) mass is 374 g/mol. The van der Waals surface area contributed by atoms with Crippen LogP contribution in [0.25, 0.3) is 0 Å². The molecule has 0 aromatic carbocycles. The van der Waals surface area contributed by atoms with E-state index in [-0.39, 0.29) is 17.6 Å². The molecule has 5 heterocycles. The van der Waals surface area contributed by atoms with Gasteiger partial charge < -0.3 is 9.47 Å². The van der Waals surface area contributed by atoms with E-state index in [0.717, 1.165) is 32.1 Å². The minimum absolute atomic E-state index is 0.215. The fourth-order valence-electron chi connectivity index (χ4n) is 6.35. The molecule has 2 N–H and O–H groups in total. The number of ether oxygens (including phenoxy) is 2. The van der Waals surface area contributed by atoms with Gasteiger partial charge in [-0.3, -0.25) is 4.58 Å². The summed E-state index contributed by atoms with van der Waals surface area (Å²) in [5.41, 5.74) is -0.466. The molecule has 2 spiro atoms. The Morgan fingerprint density at radius 2 is 2.04 bits per heavy atom. The van der Waals surface area contributed by atoms with Gasteiger partial charge in [0.05, 0.1) is 30.2 Å². The molecule has 5 aliphatic heterocycles. The predicted octanol–water partition coefficient (Wildman–Crippen LogP) is 3.25. The second-order valence-corrected chi connectivity index (χ2v) is 9.53. The molecule has 0 aromatic rings. The fourth-order valence-corrected chi connectivity index (χ4v) is 6.35. The first kappa shape index (κ1) is 18.0. The van der Waals surface area contributed by atoms with Gasteiger partial charge in [-0.05, 0) is 45.4 Å². The van der Waals surface area contributed by atoms with Crippen LogP contribution in [0.15, 0.2) is 12.2 Å². The van der Waals surface area contributed by atoms with Gasteiger partial charge in [0.15, 0.2) is 11.4 Å². The van der Waals surface area contributed by atoms with Crippen molar-refractivity contribution >= 4 is 5.96 Å². The molecule has 0 radical (unpaired) electrons. The summed E-state index contributed by atoms with van der Waals surface area (Å²) >= 11 is 0. The maximum absolute atomic E-state index is 6.69. The van der Waals surface area contributed by atoms with Crippen LogP contribution in [0.3, 0.4) is 0 Å². The van der Waals surface area contributed by atoms with Crippen molar-refractivity contribution in [1.29, 1.82) is 0 Å². The SMILES string of the molecule is CC[C@H]1C=CCC[C@@]2(C[C@@H]3CC[C@H]4[C@@H](C)[C@@]5(CCC[C@@H](C)O5)NC(=[N+]34)N2)O1. The Morgan fingerprint density at radius 3 is 2.85 bits per heavy atom. The molecular weight excluding hydrogens is 338 g/mol. The van der Waals surface area contributed by atoms with Crippen molar-refractivity contribution in [2.75, 3.05) is 0 Å². The number of hydrogen-bond donors (Lipinski definition) is 2. The molecule has 5 aliphatic rings. The summed E-state index contributed by atoms with van der Waals surface area (Å²) in [5.74, 6) is 1.68. The fraction of sp³-hybridized carbons (Fsp3) is 0.864. The molecule has 0 bridgehead atoms. The summed E-state index contributed by atoms with van der Waals surface area (Å²) in [4.78, 5) is 0. The van der Waals surface area contributed by atoms with Crippen LogP contribution >= 0.6 is 0 Å². The number of rotatable bonds is 1. The molecule has 0 amide bonds. The zero-order valence-corrected chi connectivity index (χ0v) is 17.2. The Hall–Kier alpha value is -1.07. The zero-order valence-electron chi connectivity index (χ0n) is 17.2. The van der Waals surface area contributed by atoms with Gasteiger partial charge in [0.1, 0.15) is 0 Å². The summed E-state index contributed by atoms with van der Waals surface area (Å²) in [5, 5.41) is 7.76. The van der Waals surface area contributed by atoms with Crippen LogP contribution in [0.4, 0.5) is 0 Å². The molecule has 2 fully saturated rings. The average molecular weight is 375 g/mol. The molecule has 5 rings (SSSR count). The Bertz CT molecular complexity index is 662. The van der Waals surface area contributed by atoms with Crippen molar-refractivity contribution in [3.05, 3.63) is 12.2 Å². The van der Waals surface area contributed by atoms with Crippen LogP contribution in [0, 0.1) is 5.92 Å². The molecule has 0 unspecified atom stereocenters. The number of guanidine groups is 1. The Morgan fingerprint density at radius 1 is 1.15 bits per heavy atom. The van der Waals surface area contributed by atoms with E-state index in [1.165, 1.54) is 31.6 Å². The lowest BCUT2D eigenvalue weighted by Crippen LogP contribution is -2.74. The molecular formula is C22H36N3O2+. The van der Waals surface area contributed by atoms with Crippen LogP contribution < -0.4 is 10.6 Å². The number of nitrogens with one attached hydrogen (secondary N) is 2. The Labute approximate surface area is 163 Å². The highest BCUT2D eigenvalue weighted by molar-refractivity contribution is 5.77. The van der Waals surface area contributed by atoms with Gasteiger partial charge in [0.2, 0.25) is 0 Å². The van der Waals surface area contributed by atoms with Crippen molar-refractivity contribution in [2.45, 2.75) is 114 Å².